The molecule has 6 heteroatoms. The molecule has 0 unspecified atom stereocenters. The summed E-state index contributed by atoms with van der Waals surface area (Å²) in [6.45, 7) is 4.15. The van der Waals surface area contributed by atoms with E-state index in [1.165, 1.54) is 18.2 Å². The first-order valence-electron chi connectivity index (χ1n) is 7.84. The number of halogens is 1. The number of hydrogen-bond acceptors (Lipinski definition) is 4. The van der Waals surface area contributed by atoms with Gasteiger partial charge in [0.2, 0.25) is 0 Å². The van der Waals surface area contributed by atoms with E-state index in [4.69, 9.17) is 16.3 Å². The Labute approximate surface area is 150 Å². The first kappa shape index (κ1) is 17.2. The highest BCUT2D eigenvalue weighted by atomic mass is 35.5. The molecule has 0 aromatic heterocycles. The minimum absolute atomic E-state index is 0.170. The Morgan fingerprint density at radius 2 is 1.76 bits per heavy atom. The van der Waals surface area contributed by atoms with Crippen molar-refractivity contribution in [2.45, 2.75) is 13.8 Å². The molecule has 128 valence electrons. The number of rotatable bonds is 4. The number of imide groups is 1. The maximum Gasteiger partial charge on any atom is 0.338 e. The van der Waals surface area contributed by atoms with Gasteiger partial charge in [-0.1, -0.05) is 37.6 Å². The van der Waals surface area contributed by atoms with Crippen molar-refractivity contribution in [2.24, 2.45) is 5.92 Å². The van der Waals surface area contributed by atoms with Crippen LogP contribution in [0.5, 0.6) is 0 Å². The highest BCUT2D eigenvalue weighted by Gasteiger charge is 2.38. The van der Waals surface area contributed by atoms with Gasteiger partial charge in [-0.15, -0.1) is 0 Å². The smallest absolute Gasteiger partial charge is 0.338 e. The second-order valence-electron chi connectivity index (χ2n) is 6.15. The van der Waals surface area contributed by atoms with E-state index in [0.717, 1.165) is 4.90 Å². The first-order chi connectivity index (χ1) is 11.9. The van der Waals surface area contributed by atoms with Gasteiger partial charge in [0.25, 0.3) is 11.8 Å². The van der Waals surface area contributed by atoms with E-state index >= 15 is 0 Å². The van der Waals surface area contributed by atoms with Gasteiger partial charge in [0.1, 0.15) is 0 Å². The monoisotopic (exact) mass is 357 g/mol. The lowest BCUT2D eigenvalue weighted by Crippen LogP contribution is -2.29. The molecule has 0 aliphatic carbocycles. The Balaban J connectivity index is 1.93. The molecule has 2 aromatic carbocycles. The van der Waals surface area contributed by atoms with Crippen molar-refractivity contribution in [1.82, 2.24) is 0 Å². The SMILES string of the molecule is CC(C)COC(=O)c1ccc2c(c1)C(=O)N(c1ccccc1Cl)C2=O. The van der Waals surface area contributed by atoms with Gasteiger partial charge in [0, 0.05) is 0 Å². The van der Waals surface area contributed by atoms with Gasteiger partial charge in [0.15, 0.2) is 0 Å². The number of nitrogens with zero attached hydrogens (tertiary/aromatic N) is 1. The molecule has 0 spiro atoms. The van der Waals surface area contributed by atoms with E-state index in [2.05, 4.69) is 0 Å². The van der Waals surface area contributed by atoms with Gasteiger partial charge in [0.05, 0.1) is 34.0 Å². The van der Waals surface area contributed by atoms with Crippen LogP contribution in [-0.2, 0) is 4.74 Å². The molecule has 5 nitrogen and oxygen atoms in total. The third-order valence-electron chi connectivity index (χ3n) is 3.76. The summed E-state index contributed by atoms with van der Waals surface area (Å²) in [5, 5.41) is 0.300. The zero-order valence-electron chi connectivity index (χ0n) is 13.8. The summed E-state index contributed by atoms with van der Waals surface area (Å²) in [4.78, 5) is 38.4. The Hall–Kier alpha value is -2.66. The molecule has 0 radical (unpaired) electrons. The van der Waals surface area contributed by atoms with Crippen molar-refractivity contribution in [3.63, 3.8) is 0 Å². The average Bonchev–Trinajstić information content (AvgIpc) is 2.84. The molecule has 0 bridgehead atoms. The fourth-order valence-corrected chi connectivity index (χ4v) is 2.77. The molecule has 0 saturated carbocycles. The van der Waals surface area contributed by atoms with E-state index in [1.54, 1.807) is 24.3 Å². The Morgan fingerprint density at radius 3 is 2.44 bits per heavy atom. The van der Waals surface area contributed by atoms with Crippen LogP contribution in [0.3, 0.4) is 0 Å². The van der Waals surface area contributed by atoms with E-state index in [9.17, 15) is 14.4 Å². The van der Waals surface area contributed by atoms with Crippen molar-refractivity contribution in [3.8, 4) is 0 Å². The van der Waals surface area contributed by atoms with Gasteiger partial charge < -0.3 is 4.74 Å². The molecular formula is C19H16ClNO4. The van der Waals surface area contributed by atoms with E-state index in [1.807, 2.05) is 13.8 Å². The fourth-order valence-electron chi connectivity index (χ4n) is 2.55. The van der Waals surface area contributed by atoms with Crippen molar-refractivity contribution in [1.29, 1.82) is 0 Å². The average molecular weight is 358 g/mol. The van der Waals surface area contributed by atoms with Crippen LogP contribution in [0.1, 0.15) is 44.9 Å². The first-order valence-corrected chi connectivity index (χ1v) is 8.22. The molecule has 0 N–H and O–H groups in total. The van der Waals surface area contributed by atoms with Crippen molar-refractivity contribution >= 4 is 35.1 Å². The Kier molecular flexibility index (Phi) is 4.59. The second-order valence-corrected chi connectivity index (χ2v) is 6.56. The standard InChI is InChI=1S/C19H16ClNO4/c1-11(2)10-25-19(24)12-7-8-13-14(9-12)18(23)21(17(13)22)16-6-4-3-5-15(16)20/h3-9,11H,10H2,1-2H3. The summed E-state index contributed by atoms with van der Waals surface area (Å²) >= 11 is 6.11. The molecule has 2 aromatic rings. The number of esters is 1. The number of para-hydroxylation sites is 1. The van der Waals surface area contributed by atoms with Crippen LogP contribution in [0, 0.1) is 5.92 Å². The Morgan fingerprint density at radius 1 is 1.08 bits per heavy atom. The summed E-state index contributed by atoms with van der Waals surface area (Å²) in [6, 6.07) is 11.0. The van der Waals surface area contributed by atoms with Crippen molar-refractivity contribution < 1.29 is 19.1 Å². The largest absolute Gasteiger partial charge is 0.462 e. The molecule has 1 aliphatic rings. The van der Waals surface area contributed by atoms with E-state index < -0.39 is 17.8 Å². The van der Waals surface area contributed by atoms with Crippen LogP contribution in [0.2, 0.25) is 5.02 Å². The van der Waals surface area contributed by atoms with Crippen molar-refractivity contribution in [3.05, 3.63) is 64.2 Å². The molecule has 0 saturated heterocycles. The van der Waals surface area contributed by atoms with Crippen LogP contribution in [-0.4, -0.2) is 24.4 Å². The Bertz CT molecular complexity index is 875. The van der Waals surface area contributed by atoms with Gasteiger partial charge in [-0.2, -0.15) is 0 Å². The van der Waals surface area contributed by atoms with Gasteiger partial charge >= 0.3 is 5.97 Å². The summed E-state index contributed by atoms with van der Waals surface area (Å²) in [6.07, 6.45) is 0. The lowest BCUT2D eigenvalue weighted by atomic mass is 10.1. The molecule has 0 fully saturated rings. The number of fused-ring (bicyclic) bond motifs is 1. The molecule has 1 aliphatic heterocycles. The molecule has 2 amide bonds. The predicted octanol–water partition coefficient (Wildman–Crippen LogP) is 3.95. The van der Waals surface area contributed by atoms with Crippen LogP contribution in [0.25, 0.3) is 0 Å². The number of amides is 2. The minimum atomic E-state index is -0.520. The lowest BCUT2D eigenvalue weighted by molar-refractivity contribution is 0.0458. The molecule has 0 atom stereocenters. The number of ether oxygens (including phenoxy) is 1. The summed E-state index contributed by atoms with van der Waals surface area (Å²) in [5.41, 5.74) is 0.968. The highest BCUT2D eigenvalue weighted by Crippen LogP contribution is 2.33. The summed E-state index contributed by atoms with van der Waals surface area (Å²) in [5.74, 6) is -1.29. The zero-order valence-corrected chi connectivity index (χ0v) is 14.5. The maximum atomic E-state index is 12.7. The summed E-state index contributed by atoms with van der Waals surface area (Å²) < 4.78 is 5.17. The lowest BCUT2D eigenvalue weighted by Gasteiger charge is -2.15. The predicted molar refractivity (Wildman–Crippen MR) is 94.2 cm³/mol. The third kappa shape index (κ3) is 3.15. The molecule has 1 heterocycles. The van der Waals surface area contributed by atoms with Gasteiger partial charge in [-0.05, 0) is 36.2 Å². The number of benzene rings is 2. The second kappa shape index (κ2) is 6.69. The molecule has 3 rings (SSSR count). The summed E-state index contributed by atoms with van der Waals surface area (Å²) in [7, 11) is 0. The van der Waals surface area contributed by atoms with E-state index in [-0.39, 0.29) is 29.2 Å². The third-order valence-corrected chi connectivity index (χ3v) is 4.08. The van der Waals surface area contributed by atoms with Crippen LogP contribution in [0.15, 0.2) is 42.5 Å². The number of hydrogen-bond donors (Lipinski definition) is 0. The zero-order chi connectivity index (χ0) is 18.1. The normalized spacial score (nSPS) is 13.4. The minimum Gasteiger partial charge on any atom is -0.462 e. The molecular weight excluding hydrogens is 342 g/mol. The van der Waals surface area contributed by atoms with Crippen LogP contribution < -0.4 is 4.90 Å². The van der Waals surface area contributed by atoms with Gasteiger partial charge in [-0.3, -0.25) is 9.59 Å². The number of anilines is 1. The highest BCUT2D eigenvalue weighted by molar-refractivity contribution is 6.39. The fraction of sp³-hybridized carbons (Fsp3) is 0.211. The molecule has 25 heavy (non-hydrogen) atoms. The van der Waals surface area contributed by atoms with Gasteiger partial charge in [-0.25, -0.2) is 9.69 Å². The van der Waals surface area contributed by atoms with Crippen molar-refractivity contribution in [2.75, 3.05) is 11.5 Å². The number of carbonyl (C=O) groups is 3. The van der Waals surface area contributed by atoms with Crippen LogP contribution in [0.4, 0.5) is 5.69 Å². The van der Waals surface area contributed by atoms with E-state index in [0.29, 0.717) is 10.7 Å². The number of carbonyl (C=O) groups excluding carboxylic acids is 3. The quantitative estimate of drug-likeness (QED) is 0.614. The maximum absolute atomic E-state index is 12.7. The topological polar surface area (TPSA) is 63.7 Å². The van der Waals surface area contributed by atoms with Crippen LogP contribution >= 0.6 is 11.6 Å².